The first-order valence-corrected chi connectivity index (χ1v) is 24.6. The Labute approximate surface area is 420 Å². The topological polar surface area (TPSA) is 259 Å². The number of carbonyl (C=O) groups excluding carboxylic acids is 10. The molecule has 1 aliphatic rings. The Kier molecular flexibility index (Phi) is 23.2. The number of nitrogens with one attached hydrogen (secondary N) is 5. The summed E-state index contributed by atoms with van der Waals surface area (Å²) in [4.78, 5) is 143. The fraction of sp³-hybridized carbons (Fsp3) is 0.686. The zero-order chi connectivity index (χ0) is 54.4. The first-order valence-electron chi connectivity index (χ1n) is 24.6. The van der Waals surface area contributed by atoms with Gasteiger partial charge in [0, 0.05) is 39.5 Å². The van der Waals surface area contributed by atoms with E-state index in [4.69, 9.17) is 9.47 Å². The summed E-state index contributed by atoms with van der Waals surface area (Å²) < 4.78 is 11.1. The number of rotatable bonds is 9. The summed E-state index contributed by atoms with van der Waals surface area (Å²) in [5.74, 6) is -9.07. The molecule has 1 aliphatic heterocycles. The van der Waals surface area contributed by atoms with Gasteiger partial charge in [0.1, 0.15) is 35.3 Å². The van der Waals surface area contributed by atoms with Crippen LogP contribution in [0.2, 0.25) is 0 Å². The van der Waals surface area contributed by atoms with Crippen molar-refractivity contribution in [2.24, 2.45) is 35.0 Å². The first kappa shape index (κ1) is 61.0. The molecule has 0 aliphatic carbocycles. The van der Waals surface area contributed by atoms with Gasteiger partial charge in [-0.3, -0.25) is 47.9 Å². The fourth-order valence-corrected chi connectivity index (χ4v) is 8.27. The summed E-state index contributed by atoms with van der Waals surface area (Å²) in [5.41, 5.74) is -1.17. The number of Topliss-reactive ketones (excluding diaryl/α,β-unsaturated/α-hetero) is 1. The minimum atomic E-state index is -1.80. The van der Waals surface area contributed by atoms with Gasteiger partial charge in [-0.05, 0) is 82.9 Å². The van der Waals surface area contributed by atoms with Crippen LogP contribution in [0.3, 0.4) is 0 Å². The highest BCUT2D eigenvalue weighted by Crippen LogP contribution is 2.24. The molecule has 71 heavy (non-hydrogen) atoms. The lowest BCUT2D eigenvalue weighted by Crippen LogP contribution is -2.60. The lowest BCUT2D eigenvalue weighted by Gasteiger charge is -2.37. The monoisotopic (exact) mass is 999 g/mol. The van der Waals surface area contributed by atoms with Crippen LogP contribution >= 0.6 is 0 Å². The number of carbonyl (C=O) groups is 10. The quantitative estimate of drug-likeness (QED) is 0.176. The average Bonchev–Trinajstić information content (AvgIpc) is 3.32. The Hall–Kier alpha value is -6.08. The molecular formula is C51H82N8O12. The number of ketones is 1. The molecule has 0 saturated carbocycles. The van der Waals surface area contributed by atoms with Crippen molar-refractivity contribution in [1.82, 2.24) is 41.3 Å². The van der Waals surface area contributed by atoms with Crippen LogP contribution < -0.4 is 31.3 Å². The van der Waals surface area contributed by atoms with Gasteiger partial charge in [0.25, 0.3) is 5.91 Å². The number of amides is 8. The highest BCUT2D eigenvalue weighted by Gasteiger charge is 2.43. The van der Waals surface area contributed by atoms with Crippen LogP contribution in [-0.2, 0) is 59.1 Å². The number of methoxy groups -OCH3 is 1. The molecule has 20 nitrogen and oxygen atoms in total. The smallest absolute Gasteiger partial charge is 0.311 e. The van der Waals surface area contributed by atoms with E-state index < -0.39 is 144 Å². The fourth-order valence-electron chi connectivity index (χ4n) is 8.27. The number of benzene rings is 1. The van der Waals surface area contributed by atoms with Crippen LogP contribution in [0, 0.1) is 35.0 Å². The molecule has 1 aromatic rings. The van der Waals surface area contributed by atoms with Crippen LogP contribution in [0.4, 0.5) is 0 Å². The summed E-state index contributed by atoms with van der Waals surface area (Å²) >= 11 is 0. The molecule has 20 heteroatoms. The van der Waals surface area contributed by atoms with Crippen LogP contribution in [0.1, 0.15) is 108 Å². The number of hydrogen-bond donors (Lipinski definition) is 5. The Morgan fingerprint density at radius 3 is 1.72 bits per heavy atom. The molecule has 398 valence electrons. The molecule has 0 spiro atoms. The van der Waals surface area contributed by atoms with Crippen molar-refractivity contribution >= 4 is 59.0 Å². The van der Waals surface area contributed by atoms with E-state index in [2.05, 4.69) is 26.6 Å². The lowest BCUT2D eigenvalue weighted by molar-refractivity contribution is -0.163. The zero-order valence-electron chi connectivity index (χ0n) is 45.0. The minimum Gasteiger partial charge on any atom is -0.497 e. The molecule has 10 unspecified atom stereocenters. The van der Waals surface area contributed by atoms with Crippen LogP contribution in [0.15, 0.2) is 24.3 Å². The summed E-state index contributed by atoms with van der Waals surface area (Å²) in [6.07, 6.45) is -0.701. The molecule has 0 bridgehead atoms. The second-order valence-corrected chi connectivity index (χ2v) is 20.2. The number of hydrogen-bond acceptors (Lipinski definition) is 12. The molecule has 5 N–H and O–H groups in total. The summed E-state index contributed by atoms with van der Waals surface area (Å²) in [6.45, 7) is 20.1. The van der Waals surface area contributed by atoms with Crippen molar-refractivity contribution in [3.63, 3.8) is 0 Å². The number of ether oxygens (including phenoxy) is 2. The molecule has 1 fully saturated rings. The third kappa shape index (κ3) is 16.0. The van der Waals surface area contributed by atoms with Crippen LogP contribution in [0.5, 0.6) is 5.75 Å². The van der Waals surface area contributed by atoms with Crippen LogP contribution in [0.25, 0.3) is 0 Å². The van der Waals surface area contributed by atoms with Gasteiger partial charge in [0.15, 0.2) is 11.9 Å². The molecule has 0 radical (unpaired) electrons. The van der Waals surface area contributed by atoms with E-state index in [1.165, 1.54) is 77.6 Å². The SMILES string of the molecule is CCC(C)C1OC(=O)C(C)C(CC)NC(=O)C(C)NC(=O)C(C)(C)C(=O)C(C)NC(=O)C(Cc2ccc(OC)cc2)N(C)C(=O)C(C(C)C)N(C)C(=O)CNC(=O)C(C(C)C(C)C)N(C)C(=O)CNC1=O. The summed E-state index contributed by atoms with van der Waals surface area (Å²) in [5, 5.41) is 13.2. The van der Waals surface area contributed by atoms with E-state index in [-0.39, 0.29) is 18.8 Å². The molecule has 2 rings (SSSR count). The number of nitrogens with zero attached hydrogens (tertiary/aromatic N) is 3. The van der Waals surface area contributed by atoms with Gasteiger partial charge in [0.2, 0.25) is 41.4 Å². The van der Waals surface area contributed by atoms with Crippen molar-refractivity contribution in [1.29, 1.82) is 0 Å². The molecule has 10 atom stereocenters. The molecule has 0 aromatic heterocycles. The second-order valence-electron chi connectivity index (χ2n) is 20.2. The van der Waals surface area contributed by atoms with Gasteiger partial charge >= 0.3 is 5.97 Å². The molecule has 1 aromatic carbocycles. The van der Waals surface area contributed by atoms with Crippen molar-refractivity contribution in [3.8, 4) is 5.75 Å². The van der Waals surface area contributed by atoms with Gasteiger partial charge in [0.05, 0.1) is 32.2 Å². The van der Waals surface area contributed by atoms with Crippen molar-refractivity contribution < 1.29 is 57.4 Å². The first-order chi connectivity index (χ1) is 33.0. The Morgan fingerprint density at radius 1 is 0.690 bits per heavy atom. The van der Waals surface area contributed by atoms with E-state index in [0.29, 0.717) is 17.7 Å². The molecule has 8 amide bonds. The third-order valence-electron chi connectivity index (χ3n) is 13.9. The van der Waals surface area contributed by atoms with E-state index >= 15 is 0 Å². The van der Waals surface area contributed by atoms with Gasteiger partial charge in [-0.25, -0.2) is 0 Å². The molecular weight excluding hydrogens is 917 g/mol. The van der Waals surface area contributed by atoms with E-state index in [1.807, 2.05) is 13.8 Å². The highest BCUT2D eigenvalue weighted by molar-refractivity contribution is 6.09. The van der Waals surface area contributed by atoms with Gasteiger partial charge < -0.3 is 50.8 Å². The summed E-state index contributed by atoms with van der Waals surface area (Å²) in [7, 11) is 5.73. The number of esters is 1. The molecule has 1 saturated heterocycles. The van der Waals surface area contributed by atoms with E-state index in [9.17, 15) is 47.9 Å². The maximum atomic E-state index is 14.6. The largest absolute Gasteiger partial charge is 0.497 e. The van der Waals surface area contributed by atoms with E-state index in [0.717, 1.165) is 0 Å². The Morgan fingerprint density at radius 2 is 1.23 bits per heavy atom. The second kappa shape index (κ2) is 26.9. The average molecular weight is 999 g/mol. The predicted molar refractivity (Wildman–Crippen MR) is 266 cm³/mol. The number of cyclic esters (lactones) is 1. The van der Waals surface area contributed by atoms with E-state index in [1.54, 1.807) is 65.8 Å². The minimum absolute atomic E-state index is 0.0348. The van der Waals surface area contributed by atoms with Gasteiger partial charge in [-0.1, -0.05) is 67.5 Å². The lowest BCUT2D eigenvalue weighted by atomic mass is 9.83. The summed E-state index contributed by atoms with van der Waals surface area (Å²) in [6, 6.07) is 0.0125. The maximum absolute atomic E-state index is 14.6. The number of likely N-dealkylation sites (N-methyl/N-ethyl adjacent to an activating group) is 3. The Balaban J connectivity index is 2.71. The maximum Gasteiger partial charge on any atom is 0.311 e. The van der Waals surface area contributed by atoms with Crippen LogP contribution in [-0.4, -0.2) is 157 Å². The van der Waals surface area contributed by atoms with Gasteiger partial charge in [-0.15, -0.1) is 0 Å². The predicted octanol–water partition coefficient (Wildman–Crippen LogP) is 2.01. The van der Waals surface area contributed by atoms with Crippen molar-refractivity contribution in [2.75, 3.05) is 41.3 Å². The standard InChI is InChI=1S/C51H82N8O12/c1-18-29(7)42-47(66)53-26-39(61)59(16)41(30(8)27(3)4)46(65)52-25-38(60)58(15)40(28(5)6)48(67)57(14)37(24-34-20-22-35(70-17)23-21-34)45(64)54-32(10)43(62)51(12,13)50(69)55-33(11)44(63)56-36(19-2)31(9)49(68)71-42/h20-23,27-33,36-37,40-42H,18-19,24-26H2,1-17H3,(H,52,65)(H,53,66)(H,54,64)(H,55,69)(H,56,63). The third-order valence-corrected chi connectivity index (χ3v) is 13.9. The van der Waals surface area contributed by atoms with Crippen molar-refractivity contribution in [2.45, 2.75) is 152 Å². The zero-order valence-corrected chi connectivity index (χ0v) is 45.0. The highest BCUT2D eigenvalue weighted by atomic mass is 16.5. The normalized spacial score (nSPS) is 27.0. The van der Waals surface area contributed by atoms with Gasteiger partial charge in [-0.2, -0.15) is 0 Å². The van der Waals surface area contributed by atoms with Crippen molar-refractivity contribution in [3.05, 3.63) is 29.8 Å². The molecule has 1 heterocycles. The Bertz CT molecular complexity index is 2080.